The second kappa shape index (κ2) is 7.64. The van der Waals surface area contributed by atoms with Gasteiger partial charge < -0.3 is 10.1 Å². The van der Waals surface area contributed by atoms with E-state index in [1.807, 2.05) is 61.5 Å². The summed E-state index contributed by atoms with van der Waals surface area (Å²) in [6, 6.07) is 17.9. The van der Waals surface area contributed by atoms with Gasteiger partial charge in [-0.05, 0) is 48.9 Å². The summed E-state index contributed by atoms with van der Waals surface area (Å²) >= 11 is 0. The Hall–Kier alpha value is -1.74. The molecule has 1 N–H and O–H groups in total. The summed E-state index contributed by atoms with van der Waals surface area (Å²) in [6.07, 6.45) is 0. The van der Waals surface area contributed by atoms with Crippen molar-refractivity contribution < 1.29 is 4.74 Å². The fourth-order valence-corrected chi connectivity index (χ4v) is 1.69. The SMILES string of the molecule is Br.C=C(Nc1ccccc1)c1ccc(OCC)cc1. The van der Waals surface area contributed by atoms with E-state index >= 15 is 0 Å². The van der Waals surface area contributed by atoms with Gasteiger partial charge in [-0.15, -0.1) is 17.0 Å². The fraction of sp³-hybridized carbons (Fsp3) is 0.125. The van der Waals surface area contributed by atoms with Crippen LogP contribution in [0.1, 0.15) is 12.5 Å². The van der Waals surface area contributed by atoms with Gasteiger partial charge in [-0.25, -0.2) is 0 Å². The maximum atomic E-state index is 5.41. The molecule has 0 saturated carbocycles. The van der Waals surface area contributed by atoms with E-state index in [-0.39, 0.29) is 17.0 Å². The quantitative estimate of drug-likeness (QED) is 0.859. The van der Waals surface area contributed by atoms with Gasteiger partial charge >= 0.3 is 0 Å². The van der Waals surface area contributed by atoms with Gasteiger partial charge in [-0.2, -0.15) is 0 Å². The molecule has 0 spiro atoms. The van der Waals surface area contributed by atoms with Crippen LogP contribution in [-0.2, 0) is 0 Å². The Balaban J connectivity index is 0.00000180. The Morgan fingerprint density at radius 1 is 1.05 bits per heavy atom. The van der Waals surface area contributed by atoms with Gasteiger partial charge in [0.15, 0.2) is 0 Å². The van der Waals surface area contributed by atoms with Crippen molar-refractivity contribution in [3.8, 4) is 5.75 Å². The first kappa shape index (κ1) is 15.3. The molecule has 0 radical (unpaired) electrons. The molecule has 0 unspecified atom stereocenters. The van der Waals surface area contributed by atoms with Crippen LogP contribution in [0.5, 0.6) is 5.75 Å². The van der Waals surface area contributed by atoms with Gasteiger partial charge in [-0.1, -0.05) is 24.8 Å². The number of para-hydroxylation sites is 1. The van der Waals surface area contributed by atoms with Crippen LogP contribution in [0.25, 0.3) is 5.70 Å². The topological polar surface area (TPSA) is 21.3 Å². The molecule has 3 heteroatoms. The minimum absolute atomic E-state index is 0. The standard InChI is InChI=1S/C16H17NO.BrH/c1-3-18-16-11-9-14(10-12-16)13(2)17-15-7-5-4-6-8-15;/h4-12,17H,2-3H2,1H3;1H. The Kier molecular flexibility index (Phi) is 6.16. The summed E-state index contributed by atoms with van der Waals surface area (Å²) in [5, 5.41) is 3.27. The predicted molar refractivity (Wildman–Crippen MR) is 87.0 cm³/mol. The molecule has 0 bridgehead atoms. The minimum atomic E-state index is 0. The molecule has 0 fully saturated rings. The molecular formula is C16H18BrNO. The van der Waals surface area contributed by atoms with E-state index in [2.05, 4.69) is 11.9 Å². The molecule has 0 aliphatic rings. The van der Waals surface area contributed by atoms with Crippen molar-refractivity contribution in [3.63, 3.8) is 0 Å². The molecule has 0 atom stereocenters. The van der Waals surface area contributed by atoms with Crippen molar-refractivity contribution >= 4 is 28.4 Å². The number of benzene rings is 2. The molecule has 2 rings (SSSR count). The maximum Gasteiger partial charge on any atom is 0.119 e. The van der Waals surface area contributed by atoms with Crippen LogP contribution in [0.3, 0.4) is 0 Å². The number of nitrogens with one attached hydrogen (secondary N) is 1. The van der Waals surface area contributed by atoms with Crippen LogP contribution < -0.4 is 10.1 Å². The summed E-state index contributed by atoms with van der Waals surface area (Å²) < 4.78 is 5.41. The second-order valence-corrected chi connectivity index (χ2v) is 3.93. The lowest BCUT2D eigenvalue weighted by Crippen LogP contribution is -1.97. The van der Waals surface area contributed by atoms with E-state index in [0.717, 1.165) is 22.7 Å². The molecule has 2 aromatic rings. The van der Waals surface area contributed by atoms with Gasteiger partial charge in [0.2, 0.25) is 0 Å². The highest BCUT2D eigenvalue weighted by atomic mass is 79.9. The highest BCUT2D eigenvalue weighted by molar-refractivity contribution is 8.93. The number of ether oxygens (including phenoxy) is 1. The van der Waals surface area contributed by atoms with Crippen molar-refractivity contribution in [2.75, 3.05) is 11.9 Å². The molecular weight excluding hydrogens is 302 g/mol. The first-order chi connectivity index (χ1) is 8.79. The largest absolute Gasteiger partial charge is 0.494 e. The van der Waals surface area contributed by atoms with Crippen LogP contribution in [0, 0.1) is 0 Å². The van der Waals surface area contributed by atoms with Crippen molar-refractivity contribution in [3.05, 3.63) is 66.7 Å². The third-order valence-electron chi connectivity index (χ3n) is 2.58. The van der Waals surface area contributed by atoms with Crippen LogP contribution in [0.15, 0.2) is 61.2 Å². The Morgan fingerprint density at radius 2 is 1.68 bits per heavy atom. The minimum Gasteiger partial charge on any atom is -0.494 e. The lowest BCUT2D eigenvalue weighted by Gasteiger charge is -2.10. The van der Waals surface area contributed by atoms with E-state index in [1.54, 1.807) is 0 Å². The highest BCUT2D eigenvalue weighted by Gasteiger charge is 2.00. The van der Waals surface area contributed by atoms with Crippen molar-refractivity contribution in [1.82, 2.24) is 0 Å². The number of hydrogen-bond acceptors (Lipinski definition) is 2. The fourth-order valence-electron chi connectivity index (χ4n) is 1.69. The summed E-state index contributed by atoms with van der Waals surface area (Å²) in [6.45, 7) is 6.70. The number of rotatable bonds is 5. The monoisotopic (exact) mass is 319 g/mol. The molecule has 0 aliphatic heterocycles. The Labute approximate surface area is 124 Å². The first-order valence-electron chi connectivity index (χ1n) is 6.04. The van der Waals surface area contributed by atoms with Crippen molar-refractivity contribution in [1.29, 1.82) is 0 Å². The summed E-state index contributed by atoms with van der Waals surface area (Å²) in [5.74, 6) is 0.883. The molecule has 0 amide bonds. The average molecular weight is 320 g/mol. The third kappa shape index (κ3) is 4.45. The predicted octanol–water partition coefficient (Wildman–Crippen LogP) is 4.75. The van der Waals surface area contributed by atoms with E-state index in [0.29, 0.717) is 6.61 Å². The van der Waals surface area contributed by atoms with Crippen LogP contribution >= 0.6 is 17.0 Å². The number of anilines is 1. The van der Waals surface area contributed by atoms with Crippen molar-refractivity contribution in [2.45, 2.75) is 6.92 Å². The average Bonchev–Trinajstić information content (AvgIpc) is 2.41. The molecule has 0 heterocycles. The highest BCUT2D eigenvalue weighted by Crippen LogP contribution is 2.19. The van der Waals surface area contributed by atoms with Gasteiger partial charge in [-0.3, -0.25) is 0 Å². The Morgan fingerprint density at radius 3 is 2.26 bits per heavy atom. The van der Waals surface area contributed by atoms with Gasteiger partial charge in [0.25, 0.3) is 0 Å². The normalized spacial score (nSPS) is 9.32. The van der Waals surface area contributed by atoms with Gasteiger partial charge in [0.05, 0.1) is 6.61 Å². The van der Waals surface area contributed by atoms with E-state index < -0.39 is 0 Å². The molecule has 2 nitrogen and oxygen atoms in total. The number of hydrogen-bond donors (Lipinski definition) is 1. The number of halogens is 1. The maximum absolute atomic E-state index is 5.41. The lowest BCUT2D eigenvalue weighted by atomic mass is 10.1. The zero-order chi connectivity index (χ0) is 12.8. The molecule has 0 aromatic heterocycles. The molecule has 100 valence electrons. The van der Waals surface area contributed by atoms with Crippen LogP contribution in [0.2, 0.25) is 0 Å². The summed E-state index contributed by atoms with van der Waals surface area (Å²) in [5.41, 5.74) is 2.97. The van der Waals surface area contributed by atoms with Gasteiger partial charge in [0, 0.05) is 11.4 Å². The molecule has 2 aromatic carbocycles. The van der Waals surface area contributed by atoms with Gasteiger partial charge in [0.1, 0.15) is 5.75 Å². The molecule has 0 aliphatic carbocycles. The smallest absolute Gasteiger partial charge is 0.119 e. The third-order valence-corrected chi connectivity index (χ3v) is 2.58. The first-order valence-corrected chi connectivity index (χ1v) is 6.04. The molecule has 19 heavy (non-hydrogen) atoms. The molecule has 0 saturated heterocycles. The van der Waals surface area contributed by atoms with Crippen LogP contribution in [-0.4, -0.2) is 6.61 Å². The van der Waals surface area contributed by atoms with Crippen molar-refractivity contribution in [2.24, 2.45) is 0 Å². The van der Waals surface area contributed by atoms with E-state index in [4.69, 9.17) is 4.74 Å². The lowest BCUT2D eigenvalue weighted by molar-refractivity contribution is 0.340. The van der Waals surface area contributed by atoms with Crippen LogP contribution in [0.4, 0.5) is 5.69 Å². The second-order valence-electron chi connectivity index (χ2n) is 3.93. The van der Waals surface area contributed by atoms with E-state index in [1.165, 1.54) is 0 Å². The zero-order valence-corrected chi connectivity index (χ0v) is 12.6. The summed E-state index contributed by atoms with van der Waals surface area (Å²) in [4.78, 5) is 0. The summed E-state index contributed by atoms with van der Waals surface area (Å²) in [7, 11) is 0. The zero-order valence-electron chi connectivity index (χ0n) is 10.9. The van der Waals surface area contributed by atoms with E-state index in [9.17, 15) is 0 Å². The Bertz CT molecular complexity index is 508.